The molecule has 17 nitrogen and oxygen atoms in total. The van der Waals surface area contributed by atoms with Gasteiger partial charge in [-0.3, -0.25) is 34.3 Å². The van der Waals surface area contributed by atoms with E-state index in [2.05, 4.69) is 207 Å². The summed E-state index contributed by atoms with van der Waals surface area (Å²) in [6.07, 6.45) is 6.57. The Morgan fingerprint density at radius 1 is 0.382 bits per heavy atom. The zero-order valence-corrected chi connectivity index (χ0v) is 63.0. The van der Waals surface area contributed by atoms with E-state index in [0.717, 1.165) is 83.2 Å². The summed E-state index contributed by atoms with van der Waals surface area (Å²) in [6, 6.07) is 0.568. The number of nitrogens with two attached hydrogens (primary N) is 7. The summed E-state index contributed by atoms with van der Waals surface area (Å²) in [5.74, 6) is 3.17. The number of aliphatic hydroxyl groups is 3. The van der Waals surface area contributed by atoms with E-state index < -0.39 is 11.8 Å². The zero-order valence-electron chi connectivity index (χ0n) is 63.0. The highest BCUT2D eigenvalue weighted by atomic mass is 19.1. The minimum atomic E-state index is -0.802. The zero-order chi connectivity index (χ0) is 69.1. The van der Waals surface area contributed by atoms with Gasteiger partial charge >= 0.3 is 0 Å². The number of halogens is 1. The second kappa shape index (κ2) is 34.5. The van der Waals surface area contributed by atoms with Gasteiger partial charge in [0.2, 0.25) is 0 Å². The lowest BCUT2D eigenvalue weighted by Crippen LogP contribution is -2.65. The molecule has 1 saturated carbocycles. The van der Waals surface area contributed by atoms with Crippen molar-refractivity contribution < 1.29 is 19.7 Å². The van der Waals surface area contributed by atoms with Crippen LogP contribution in [0.2, 0.25) is 0 Å². The Balaban J connectivity index is 0.000000355. The molecule has 7 heterocycles. The molecule has 1 aliphatic carbocycles. The minimum absolute atomic E-state index is 0.0661. The maximum Gasteiger partial charge on any atom is 0.118 e. The van der Waals surface area contributed by atoms with Crippen LogP contribution in [0, 0.1) is 35.5 Å². The Kier molecular flexibility index (Phi) is 32.7. The molecule has 0 aromatic rings. The Morgan fingerprint density at radius 2 is 0.730 bits per heavy atom. The molecule has 0 bridgehead atoms. The molecular weight excluding hydrogens is 1120 g/mol. The molecule has 8 aliphatic rings. The van der Waals surface area contributed by atoms with Gasteiger partial charge in [-0.05, 0) is 233 Å². The van der Waals surface area contributed by atoms with Crippen molar-refractivity contribution >= 4 is 0 Å². The maximum atomic E-state index is 13.0. The second-order valence-corrected chi connectivity index (χ2v) is 36.7. The molecule has 0 amide bonds. The molecule has 7 saturated heterocycles. The van der Waals surface area contributed by atoms with Gasteiger partial charge in [0.25, 0.3) is 0 Å². The molecule has 0 aromatic carbocycles. The van der Waals surface area contributed by atoms with Gasteiger partial charge in [-0.1, -0.05) is 27.7 Å². The summed E-state index contributed by atoms with van der Waals surface area (Å²) >= 11 is 0. The van der Waals surface area contributed by atoms with Gasteiger partial charge in [0.1, 0.15) is 6.17 Å². The van der Waals surface area contributed by atoms with Crippen molar-refractivity contribution in [2.75, 3.05) is 91.6 Å². The highest BCUT2D eigenvalue weighted by Crippen LogP contribution is 2.42. The lowest BCUT2D eigenvalue weighted by molar-refractivity contribution is -0.0851. The summed E-state index contributed by atoms with van der Waals surface area (Å²) in [5.41, 5.74) is 42.1. The lowest BCUT2D eigenvalue weighted by Gasteiger charge is -2.50. The summed E-state index contributed by atoms with van der Waals surface area (Å²) in [4.78, 5) is 16.8. The lowest BCUT2D eigenvalue weighted by atomic mass is 9.79. The van der Waals surface area contributed by atoms with Crippen molar-refractivity contribution in [2.45, 2.75) is 330 Å². The fourth-order valence-corrected chi connectivity index (χ4v) is 13.5. The van der Waals surface area contributed by atoms with Gasteiger partial charge in [0, 0.05) is 172 Å². The average molecular weight is 1270 g/mol. The fraction of sp³-hybridized carbons (Fsp3) is 1.00. The Labute approximate surface area is 549 Å². The van der Waals surface area contributed by atoms with Gasteiger partial charge in [-0.25, -0.2) is 4.39 Å². The third-order valence-electron chi connectivity index (χ3n) is 20.6. The highest BCUT2D eigenvalue weighted by molar-refractivity contribution is 5.01. The first-order valence-corrected chi connectivity index (χ1v) is 35.3. The molecule has 0 aromatic heterocycles. The largest absolute Gasteiger partial charge is 0.391 e. The number of rotatable bonds is 1. The summed E-state index contributed by atoms with van der Waals surface area (Å²) in [7, 11) is 0. The summed E-state index contributed by atoms with van der Waals surface area (Å²) in [6.45, 7) is 70.7. The van der Waals surface area contributed by atoms with E-state index in [0.29, 0.717) is 42.5 Å². The molecule has 89 heavy (non-hydrogen) atoms. The van der Waals surface area contributed by atoms with Gasteiger partial charge in [-0.2, -0.15) is 0 Å². The minimum Gasteiger partial charge on any atom is -0.391 e. The number of aliphatic hydroxyl groups excluding tert-OH is 2. The van der Waals surface area contributed by atoms with E-state index in [1.54, 1.807) is 0 Å². The predicted octanol–water partition coefficient (Wildman–Crippen LogP) is 7.33. The van der Waals surface area contributed by atoms with Crippen LogP contribution in [0.25, 0.3) is 0 Å². The van der Waals surface area contributed by atoms with Crippen LogP contribution in [0.1, 0.15) is 225 Å². The molecule has 7 aliphatic heterocycles. The number of piperidine rings is 7. The predicted molar refractivity (Wildman–Crippen MR) is 379 cm³/mol. The van der Waals surface area contributed by atoms with E-state index in [1.807, 2.05) is 6.92 Å². The smallest absolute Gasteiger partial charge is 0.118 e. The molecule has 0 spiro atoms. The van der Waals surface area contributed by atoms with Crippen LogP contribution in [0.5, 0.6) is 0 Å². The Bertz CT molecular complexity index is 1890. The number of likely N-dealkylation sites (tertiary alicyclic amines) is 7. The number of alkyl halides is 1. The third kappa shape index (κ3) is 29.2. The van der Waals surface area contributed by atoms with Crippen molar-refractivity contribution in [3.63, 3.8) is 0 Å². The molecule has 17 N–H and O–H groups in total. The molecule has 16 atom stereocenters. The van der Waals surface area contributed by atoms with Gasteiger partial charge in [-0.15, -0.1) is 0 Å². The van der Waals surface area contributed by atoms with Crippen LogP contribution < -0.4 is 40.1 Å². The van der Waals surface area contributed by atoms with Gasteiger partial charge < -0.3 is 55.5 Å². The van der Waals surface area contributed by atoms with E-state index >= 15 is 0 Å². The van der Waals surface area contributed by atoms with Crippen LogP contribution >= 0.6 is 0 Å². The first-order chi connectivity index (χ1) is 40.1. The summed E-state index contributed by atoms with van der Waals surface area (Å²) < 4.78 is 13.0. The maximum absolute atomic E-state index is 13.0. The SMILES string of the molecule is CC(C)(C)N1CC(N)C(O)C(C2CC2)C1.CC(C)(C)N1CCC(F)C(N)C1.CC(C)(C)N1CCCC(N)C1.CC1CC(N)CN(C(C)(C)C)C1.CC1CC(N)CN(C(C)(C)C)C1.CC1CN(C(C)(C)C)CC(N)C1(C)O.CC1CN(C(C)(C)C)CC(N)C1O. The summed E-state index contributed by atoms with van der Waals surface area (Å²) in [5, 5.41) is 29.9. The van der Waals surface area contributed by atoms with Crippen LogP contribution in [-0.2, 0) is 0 Å². The third-order valence-corrected chi connectivity index (χ3v) is 20.6. The monoisotopic (exact) mass is 1270 g/mol. The quantitative estimate of drug-likeness (QED) is 0.123. The molecule has 16 unspecified atom stereocenters. The second-order valence-electron chi connectivity index (χ2n) is 36.7. The first kappa shape index (κ1) is 84.3. The average Bonchev–Trinajstić information content (AvgIpc) is 2.21. The van der Waals surface area contributed by atoms with Gasteiger partial charge in [0.05, 0.1) is 17.8 Å². The van der Waals surface area contributed by atoms with Crippen molar-refractivity contribution in [1.29, 1.82) is 0 Å². The standard InChI is InChI=1S/C12H24N2O.C11H24N2O.C10H22N2O.2C10H22N2.C9H19FN2.C9H20N2/c1-12(2,3)14-6-9(8-4-5-8)11(15)10(13)7-14;1-8-6-13(10(2,3)4)7-9(12)11(8,5)14;1-7-5-12(10(2,3)4)6-8(11)9(7)13;2*1-8-5-9(11)7-12(6-8)10(2,3)4;1-9(2,3)12-5-4-7(10)8(11)6-12;1-9(2,3)11-6-4-5-8(10)7-11/h8-11,15H,4-7,13H2,1-3H3;8-9,14H,6-7,12H2,1-5H3;7-9,13H,5-6,11H2,1-4H3;2*8-9H,5-7,11H2,1-4H3;7-8H,4-6,11H2,1-3H3;8H,4-7,10H2,1-3H3. The van der Waals surface area contributed by atoms with Crippen LogP contribution in [0.3, 0.4) is 0 Å². The number of hydrogen-bond donors (Lipinski definition) is 10. The first-order valence-electron chi connectivity index (χ1n) is 35.3. The molecular formula is C71H153FN14O3. The number of nitrogens with zero attached hydrogens (tertiary/aromatic N) is 7. The molecule has 8 fully saturated rings. The fourth-order valence-electron chi connectivity index (χ4n) is 13.5. The van der Waals surface area contributed by atoms with E-state index in [4.69, 9.17) is 40.1 Å². The van der Waals surface area contributed by atoms with Crippen molar-refractivity contribution in [3.8, 4) is 0 Å². The highest BCUT2D eigenvalue weighted by Gasteiger charge is 2.46. The molecule has 0 radical (unpaired) electrons. The molecule has 8 rings (SSSR count). The van der Waals surface area contributed by atoms with Gasteiger partial charge in [0.15, 0.2) is 0 Å². The number of hydrogen-bond acceptors (Lipinski definition) is 17. The normalized spacial score (nSPS) is 35.9. The Hall–Kier alpha value is -0.750. The molecule has 18 heteroatoms. The van der Waals surface area contributed by atoms with E-state index in [-0.39, 0.29) is 81.4 Å². The molecule has 532 valence electrons. The topological polar surface area (TPSA) is 266 Å². The Morgan fingerprint density at radius 3 is 1.07 bits per heavy atom. The van der Waals surface area contributed by atoms with Crippen molar-refractivity contribution in [1.82, 2.24) is 34.3 Å². The van der Waals surface area contributed by atoms with Crippen LogP contribution in [0.4, 0.5) is 4.39 Å². The van der Waals surface area contributed by atoms with E-state index in [1.165, 1.54) is 58.2 Å². The van der Waals surface area contributed by atoms with Crippen molar-refractivity contribution in [3.05, 3.63) is 0 Å². The van der Waals surface area contributed by atoms with Crippen LogP contribution in [-0.4, -0.2) is 246 Å². The van der Waals surface area contributed by atoms with E-state index in [9.17, 15) is 19.7 Å². The van der Waals surface area contributed by atoms with Crippen molar-refractivity contribution in [2.24, 2.45) is 75.6 Å². The van der Waals surface area contributed by atoms with Crippen LogP contribution in [0.15, 0.2) is 0 Å².